The van der Waals surface area contributed by atoms with Gasteiger partial charge < -0.3 is 19.7 Å². The average Bonchev–Trinajstić information content (AvgIpc) is 2.88. The van der Waals surface area contributed by atoms with Crippen molar-refractivity contribution >= 4 is 0 Å². The molecule has 0 amide bonds. The molecule has 0 aliphatic carbocycles. The number of phenols is 1. The minimum absolute atomic E-state index is 0.148. The lowest BCUT2D eigenvalue weighted by molar-refractivity contribution is 0.373. The molecule has 0 unspecified atom stereocenters. The first kappa shape index (κ1) is 12.4. The van der Waals surface area contributed by atoms with Crippen molar-refractivity contribution in [2.24, 2.45) is 0 Å². The van der Waals surface area contributed by atoms with E-state index in [0.717, 1.165) is 12.1 Å². The molecule has 96 valence electrons. The largest absolute Gasteiger partial charge is 0.504 e. The van der Waals surface area contributed by atoms with E-state index in [1.165, 1.54) is 13.5 Å². The van der Waals surface area contributed by atoms with Crippen molar-refractivity contribution in [3.63, 3.8) is 0 Å². The van der Waals surface area contributed by atoms with Gasteiger partial charge in [-0.2, -0.15) is 4.98 Å². The molecule has 0 aliphatic heterocycles. The SMILES string of the molecule is COc1ccc(CNCCc2ncon2)cc1O. The Morgan fingerprint density at radius 2 is 2.33 bits per heavy atom. The van der Waals surface area contributed by atoms with Gasteiger partial charge in [0, 0.05) is 19.5 Å². The van der Waals surface area contributed by atoms with Gasteiger partial charge in [0.2, 0.25) is 6.39 Å². The summed E-state index contributed by atoms with van der Waals surface area (Å²) in [6, 6.07) is 5.33. The Morgan fingerprint density at radius 1 is 1.44 bits per heavy atom. The van der Waals surface area contributed by atoms with Crippen molar-refractivity contribution in [3.8, 4) is 11.5 Å². The summed E-state index contributed by atoms with van der Waals surface area (Å²) in [7, 11) is 1.53. The van der Waals surface area contributed by atoms with Crippen LogP contribution in [-0.2, 0) is 13.0 Å². The molecule has 18 heavy (non-hydrogen) atoms. The summed E-state index contributed by atoms with van der Waals surface area (Å²) in [6.45, 7) is 1.40. The zero-order valence-electron chi connectivity index (χ0n) is 10.1. The van der Waals surface area contributed by atoms with Crippen LogP contribution < -0.4 is 10.1 Å². The first-order chi connectivity index (χ1) is 8.79. The van der Waals surface area contributed by atoms with Gasteiger partial charge in [-0.15, -0.1) is 0 Å². The van der Waals surface area contributed by atoms with Gasteiger partial charge in [0.1, 0.15) is 0 Å². The quantitative estimate of drug-likeness (QED) is 0.747. The van der Waals surface area contributed by atoms with Crippen LogP contribution in [0.2, 0.25) is 0 Å². The zero-order chi connectivity index (χ0) is 12.8. The summed E-state index contributed by atoms with van der Waals surface area (Å²) in [6.07, 6.45) is 2.02. The van der Waals surface area contributed by atoms with Crippen molar-refractivity contribution < 1.29 is 14.4 Å². The molecule has 0 saturated carbocycles. The van der Waals surface area contributed by atoms with E-state index in [2.05, 4.69) is 20.0 Å². The van der Waals surface area contributed by atoms with Crippen LogP contribution in [0, 0.1) is 0 Å². The summed E-state index contributed by atoms with van der Waals surface area (Å²) in [4.78, 5) is 3.92. The fraction of sp³-hybridized carbons (Fsp3) is 0.333. The van der Waals surface area contributed by atoms with E-state index in [1.807, 2.05) is 6.07 Å². The monoisotopic (exact) mass is 249 g/mol. The highest BCUT2D eigenvalue weighted by Crippen LogP contribution is 2.25. The van der Waals surface area contributed by atoms with Crippen molar-refractivity contribution in [3.05, 3.63) is 36.0 Å². The molecular formula is C12H15N3O3. The number of nitrogens with zero attached hydrogens (tertiary/aromatic N) is 2. The molecule has 1 heterocycles. The average molecular weight is 249 g/mol. The number of phenolic OH excluding ortho intramolecular Hbond substituents is 1. The highest BCUT2D eigenvalue weighted by atomic mass is 16.5. The maximum atomic E-state index is 9.61. The van der Waals surface area contributed by atoms with Crippen LogP contribution in [0.3, 0.4) is 0 Å². The number of aromatic nitrogens is 2. The van der Waals surface area contributed by atoms with Crippen molar-refractivity contribution in [1.82, 2.24) is 15.5 Å². The van der Waals surface area contributed by atoms with E-state index in [-0.39, 0.29) is 5.75 Å². The molecular weight excluding hydrogens is 234 g/mol. The summed E-state index contributed by atoms with van der Waals surface area (Å²) in [5.41, 5.74) is 0.987. The fourth-order valence-corrected chi connectivity index (χ4v) is 1.58. The van der Waals surface area contributed by atoms with Gasteiger partial charge in [-0.05, 0) is 17.7 Å². The van der Waals surface area contributed by atoms with E-state index in [9.17, 15) is 5.11 Å². The summed E-state index contributed by atoms with van der Waals surface area (Å²) >= 11 is 0. The predicted octanol–water partition coefficient (Wildman–Crippen LogP) is 1.12. The lowest BCUT2D eigenvalue weighted by Gasteiger charge is -2.07. The number of benzene rings is 1. The van der Waals surface area contributed by atoms with Gasteiger partial charge in [-0.3, -0.25) is 0 Å². The second kappa shape index (κ2) is 6.02. The van der Waals surface area contributed by atoms with E-state index in [4.69, 9.17) is 4.74 Å². The molecule has 2 N–H and O–H groups in total. The molecule has 2 aromatic rings. The van der Waals surface area contributed by atoms with Gasteiger partial charge >= 0.3 is 0 Å². The normalized spacial score (nSPS) is 10.5. The standard InChI is InChI=1S/C12H15N3O3/c1-17-11-3-2-9(6-10(11)16)7-13-5-4-12-14-8-18-15-12/h2-3,6,8,13,16H,4-5,7H2,1H3. The van der Waals surface area contributed by atoms with Gasteiger partial charge in [0.25, 0.3) is 0 Å². The van der Waals surface area contributed by atoms with Gasteiger partial charge in [0.05, 0.1) is 7.11 Å². The Labute approximate surface area is 105 Å². The zero-order valence-corrected chi connectivity index (χ0v) is 10.1. The van der Waals surface area contributed by atoms with Gasteiger partial charge in [-0.1, -0.05) is 11.2 Å². The number of hydrogen-bond donors (Lipinski definition) is 2. The Bertz CT molecular complexity index is 485. The highest BCUT2D eigenvalue weighted by molar-refractivity contribution is 5.41. The molecule has 0 saturated heterocycles. The van der Waals surface area contributed by atoms with Crippen LogP contribution in [0.1, 0.15) is 11.4 Å². The fourth-order valence-electron chi connectivity index (χ4n) is 1.58. The molecule has 0 aliphatic rings. The Hall–Kier alpha value is -2.08. The second-order valence-electron chi connectivity index (χ2n) is 3.78. The van der Waals surface area contributed by atoms with Crippen molar-refractivity contribution in [1.29, 1.82) is 0 Å². The second-order valence-corrected chi connectivity index (χ2v) is 3.78. The van der Waals surface area contributed by atoms with Crippen LogP contribution in [0.25, 0.3) is 0 Å². The third kappa shape index (κ3) is 3.21. The Morgan fingerprint density at radius 3 is 3.00 bits per heavy atom. The summed E-state index contributed by atoms with van der Waals surface area (Å²) in [5.74, 6) is 1.31. The predicted molar refractivity (Wildman–Crippen MR) is 64.4 cm³/mol. The first-order valence-corrected chi connectivity index (χ1v) is 5.61. The molecule has 1 aromatic carbocycles. The lowest BCUT2D eigenvalue weighted by Crippen LogP contribution is -2.17. The maximum Gasteiger partial charge on any atom is 0.213 e. The van der Waals surface area contributed by atoms with Gasteiger partial charge in [0.15, 0.2) is 17.3 Å². The molecule has 0 atom stereocenters. The Kier molecular flexibility index (Phi) is 4.14. The molecule has 0 radical (unpaired) electrons. The van der Waals surface area contributed by atoms with Crippen LogP contribution in [0.4, 0.5) is 0 Å². The van der Waals surface area contributed by atoms with Crippen LogP contribution >= 0.6 is 0 Å². The smallest absolute Gasteiger partial charge is 0.213 e. The third-order valence-corrected chi connectivity index (χ3v) is 2.50. The van der Waals surface area contributed by atoms with Crippen LogP contribution in [-0.4, -0.2) is 28.9 Å². The highest BCUT2D eigenvalue weighted by Gasteiger charge is 2.02. The molecule has 6 heteroatoms. The summed E-state index contributed by atoms with van der Waals surface area (Å²) in [5, 5.41) is 16.6. The van der Waals surface area contributed by atoms with E-state index >= 15 is 0 Å². The molecule has 2 rings (SSSR count). The number of methoxy groups -OCH3 is 1. The Balaban J connectivity index is 1.78. The van der Waals surface area contributed by atoms with Crippen molar-refractivity contribution in [2.45, 2.75) is 13.0 Å². The summed E-state index contributed by atoms with van der Waals surface area (Å²) < 4.78 is 9.61. The van der Waals surface area contributed by atoms with Crippen molar-refractivity contribution in [2.75, 3.05) is 13.7 Å². The number of rotatable bonds is 6. The molecule has 0 bridgehead atoms. The minimum Gasteiger partial charge on any atom is -0.504 e. The maximum absolute atomic E-state index is 9.61. The van der Waals surface area contributed by atoms with E-state index in [1.54, 1.807) is 12.1 Å². The minimum atomic E-state index is 0.148. The molecule has 0 spiro atoms. The molecule has 1 aromatic heterocycles. The molecule has 6 nitrogen and oxygen atoms in total. The van der Waals surface area contributed by atoms with E-state index in [0.29, 0.717) is 24.5 Å². The molecule has 0 fully saturated rings. The van der Waals surface area contributed by atoms with Crippen LogP contribution in [0.15, 0.2) is 29.1 Å². The topological polar surface area (TPSA) is 80.4 Å². The number of ether oxygens (including phenoxy) is 1. The third-order valence-electron chi connectivity index (χ3n) is 2.50. The van der Waals surface area contributed by atoms with Crippen LogP contribution in [0.5, 0.6) is 11.5 Å². The lowest BCUT2D eigenvalue weighted by atomic mass is 10.2. The van der Waals surface area contributed by atoms with Gasteiger partial charge in [-0.25, -0.2) is 0 Å². The number of hydrogen-bond acceptors (Lipinski definition) is 6. The number of aromatic hydroxyl groups is 1. The first-order valence-electron chi connectivity index (χ1n) is 5.61. The van der Waals surface area contributed by atoms with E-state index < -0.39 is 0 Å². The number of nitrogens with one attached hydrogen (secondary N) is 1.